The van der Waals surface area contributed by atoms with E-state index in [1.54, 1.807) is 0 Å². The second kappa shape index (κ2) is 6.58. The predicted molar refractivity (Wildman–Crippen MR) is 79.1 cm³/mol. The summed E-state index contributed by atoms with van der Waals surface area (Å²) >= 11 is 0. The van der Waals surface area contributed by atoms with Crippen LogP contribution in [0.5, 0.6) is 0 Å². The summed E-state index contributed by atoms with van der Waals surface area (Å²) in [5, 5.41) is 7.17. The highest BCUT2D eigenvalue weighted by Crippen LogP contribution is 2.27. The highest BCUT2D eigenvalue weighted by Gasteiger charge is 2.29. The normalized spacial score (nSPS) is 23.7. The first-order valence-electron chi connectivity index (χ1n) is 7.82. The lowest BCUT2D eigenvalue weighted by Crippen LogP contribution is -2.39. The van der Waals surface area contributed by atoms with E-state index in [4.69, 9.17) is 4.74 Å². The van der Waals surface area contributed by atoms with Crippen molar-refractivity contribution in [1.29, 1.82) is 0 Å². The van der Waals surface area contributed by atoms with Gasteiger partial charge in [-0.25, -0.2) is 0 Å². The monoisotopic (exact) mass is 292 g/mol. The molecular weight excluding hydrogens is 268 g/mol. The molecule has 0 bridgehead atoms. The van der Waals surface area contributed by atoms with Crippen molar-refractivity contribution in [2.45, 2.75) is 25.7 Å². The maximum absolute atomic E-state index is 12.3. The summed E-state index contributed by atoms with van der Waals surface area (Å²) in [4.78, 5) is 16.6. The van der Waals surface area contributed by atoms with Crippen LogP contribution in [0.4, 0.5) is 0 Å². The molecule has 2 aliphatic rings. The van der Waals surface area contributed by atoms with Crippen molar-refractivity contribution in [1.82, 2.24) is 20.0 Å². The summed E-state index contributed by atoms with van der Waals surface area (Å²) in [5.74, 6) is 0.695. The van der Waals surface area contributed by atoms with Gasteiger partial charge in [-0.1, -0.05) is 0 Å². The van der Waals surface area contributed by atoms with Gasteiger partial charge in [0.05, 0.1) is 19.4 Å². The smallest absolute Gasteiger partial charge is 0.223 e. The van der Waals surface area contributed by atoms with E-state index >= 15 is 0 Å². The molecule has 21 heavy (non-hydrogen) atoms. The van der Waals surface area contributed by atoms with E-state index in [2.05, 4.69) is 22.0 Å². The van der Waals surface area contributed by atoms with E-state index in [1.165, 1.54) is 11.3 Å². The number of H-pyrrole nitrogens is 1. The van der Waals surface area contributed by atoms with Crippen LogP contribution in [0.25, 0.3) is 0 Å². The van der Waals surface area contributed by atoms with E-state index < -0.39 is 0 Å². The molecule has 1 amide bonds. The second-order valence-corrected chi connectivity index (χ2v) is 6.00. The van der Waals surface area contributed by atoms with Gasteiger partial charge < -0.3 is 9.64 Å². The van der Waals surface area contributed by atoms with Crippen LogP contribution in [-0.2, 0) is 9.53 Å². The molecule has 3 rings (SSSR count). The largest absolute Gasteiger partial charge is 0.379 e. The quantitative estimate of drug-likeness (QED) is 0.890. The Morgan fingerprint density at radius 2 is 2.24 bits per heavy atom. The number of morpholine rings is 1. The molecule has 2 saturated heterocycles. The number of nitrogens with one attached hydrogen (secondary N) is 1. The van der Waals surface area contributed by atoms with Gasteiger partial charge in [-0.2, -0.15) is 5.10 Å². The Morgan fingerprint density at radius 3 is 2.95 bits per heavy atom. The molecule has 2 aliphatic heterocycles. The maximum atomic E-state index is 12.3. The van der Waals surface area contributed by atoms with Crippen molar-refractivity contribution in [3.05, 3.63) is 17.5 Å². The minimum absolute atomic E-state index is 0.279. The number of aryl methyl sites for hydroxylation is 1. The van der Waals surface area contributed by atoms with Crippen molar-refractivity contribution >= 4 is 5.91 Å². The number of carbonyl (C=O) groups excluding carboxylic acids is 1. The molecule has 1 aromatic rings. The Hall–Kier alpha value is -1.40. The number of likely N-dealkylation sites (tertiary alicyclic amines) is 1. The number of nitrogens with zero attached hydrogens (tertiary/aromatic N) is 3. The summed E-state index contributed by atoms with van der Waals surface area (Å²) in [6.45, 7) is 8.09. The first-order chi connectivity index (χ1) is 10.2. The van der Waals surface area contributed by atoms with E-state index in [1.807, 2.05) is 11.1 Å². The number of amides is 1. The standard InChI is InChI=1S/C15H24N4O2/c1-12-10-16-17-15(12)13-2-5-19(11-13)14(20)3-4-18-6-8-21-9-7-18/h10,13H,2-9,11H2,1H3,(H,16,17)/t13-/m1/s1. The number of ether oxygens (including phenoxy) is 1. The van der Waals surface area contributed by atoms with Crippen LogP contribution in [-0.4, -0.2) is 71.8 Å². The third kappa shape index (κ3) is 3.44. The average Bonchev–Trinajstić information content (AvgIpc) is 3.14. The lowest BCUT2D eigenvalue weighted by Gasteiger charge is -2.27. The van der Waals surface area contributed by atoms with Crippen LogP contribution in [0, 0.1) is 6.92 Å². The predicted octanol–water partition coefficient (Wildman–Crippen LogP) is 0.756. The fourth-order valence-corrected chi connectivity index (χ4v) is 3.23. The molecule has 1 atom stereocenters. The molecule has 0 unspecified atom stereocenters. The SMILES string of the molecule is Cc1cn[nH]c1[C@@H]1CCN(C(=O)CCN2CCOCC2)C1. The number of rotatable bonds is 4. The molecule has 0 aromatic carbocycles. The van der Waals surface area contributed by atoms with E-state index in [0.717, 1.165) is 52.4 Å². The van der Waals surface area contributed by atoms with Gasteiger partial charge in [0, 0.05) is 50.8 Å². The van der Waals surface area contributed by atoms with Crippen molar-refractivity contribution in [3.63, 3.8) is 0 Å². The Kier molecular flexibility index (Phi) is 4.55. The Morgan fingerprint density at radius 1 is 1.43 bits per heavy atom. The minimum atomic E-state index is 0.279. The van der Waals surface area contributed by atoms with Gasteiger partial charge in [0.2, 0.25) is 5.91 Å². The molecule has 3 heterocycles. The lowest BCUT2D eigenvalue weighted by atomic mass is 10.0. The molecule has 0 aliphatic carbocycles. The third-order valence-corrected chi connectivity index (χ3v) is 4.56. The molecule has 2 fully saturated rings. The van der Waals surface area contributed by atoms with Gasteiger partial charge in [0.25, 0.3) is 0 Å². The highest BCUT2D eigenvalue weighted by atomic mass is 16.5. The lowest BCUT2D eigenvalue weighted by molar-refractivity contribution is -0.130. The van der Waals surface area contributed by atoms with Crippen LogP contribution < -0.4 is 0 Å². The van der Waals surface area contributed by atoms with Crippen LogP contribution in [0.1, 0.15) is 30.0 Å². The molecule has 0 radical (unpaired) electrons. The van der Waals surface area contributed by atoms with Crippen LogP contribution in [0.3, 0.4) is 0 Å². The summed E-state index contributed by atoms with van der Waals surface area (Å²) in [6.07, 6.45) is 3.51. The highest BCUT2D eigenvalue weighted by molar-refractivity contribution is 5.76. The zero-order valence-corrected chi connectivity index (χ0v) is 12.7. The molecule has 1 N–H and O–H groups in total. The summed E-state index contributed by atoms with van der Waals surface area (Å²) in [7, 11) is 0. The Bertz CT molecular complexity index is 482. The van der Waals surface area contributed by atoms with E-state index in [0.29, 0.717) is 12.3 Å². The van der Waals surface area contributed by atoms with Crippen molar-refractivity contribution in [2.24, 2.45) is 0 Å². The summed E-state index contributed by atoms with van der Waals surface area (Å²) < 4.78 is 5.33. The van der Waals surface area contributed by atoms with E-state index in [9.17, 15) is 4.79 Å². The molecule has 116 valence electrons. The van der Waals surface area contributed by atoms with Gasteiger partial charge >= 0.3 is 0 Å². The van der Waals surface area contributed by atoms with Gasteiger partial charge in [-0.3, -0.25) is 14.8 Å². The Balaban J connectivity index is 1.47. The molecular formula is C15H24N4O2. The molecule has 1 aromatic heterocycles. The number of hydrogen-bond donors (Lipinski definition) is 1. The zero-order valence-electron chi connectivity index (χ0n) is 12.7. The number of aromatic nitrogens is 2. The molecule has 6 heteroatoms. The van der Waals surface area contributed by atoms with Gasteiger partial charge in [-0.15, -0.1) is 0 Å². The molecule has 6 nitrogen and oxygen atoms in total. The first-order valence-corrected chi connectivity index (χ1v) is 7.82. The van der Waals surface area contributed by atoms with Crippen molar-refractivity contribution in [2.75, 3.05) is 45.9 Å². The third-order valence-electron chi connectivity index (χ3n) is 4.56. The number of aromatic amines is 1. The van der Waals surface area contributed by atoms with Gasteiger partial charge in [0.15, 0.2) is 0 Å². The fourth-order valence-electron chi connectivity index (χ4n) is 3.23. The van der Waals surface area contributed by atoms with Gasteiger partial charge in [-0.05, 0) is 18.9 Å². The summed E-state index contributed by atoms with van der Waals surface area (Å²) in [5.41, 5.74) is 2.39. The maximum Gasteiger partial charge on any atom is 0.223 e. The average molecular weight is 292 g/mol. The summed E-state index contributed by atoms with van der Waals surface area (Å²) in [6, 6.07) is 0. The van der Waals surface area contributed by atoms with Gasteiger partial charge in [0.1, 0.15) is 0 Å². The first kappa shape index (κ1) is 14.5. The number of carbonyl (C=O) groups is 1. The second-order valence-electron chi connectivity index (χ2n) is 6.00. The zero-order chi connectivity index (χ0) is 14.7. The van der Waals surface area contributed by atoms with Crippen molar-refractivity contribution < 1.29 is 9.53 Å². The van der Waals surface area contributed by atoms with Crippen LogP contribution in [0.15, 0.2) is 6.20 Å². The molecule has 0 spiro atoms. The molecule has 0 saturated carbocycles. The fraction of sp³-hybridized carbons (Fsp3) is 0.733. The topological polar surface area (TPSA) is 61.5 Å². The van der Waals surface area contributed by atoms with E-state index in [-0.39, 0.29) is 5.91 Å². The van der Waals surface area contributed by atoms with Crippen LogP contribution in [0.2, 0.25) is 0 Å². The van der Waals surface area contributed by atoms with Crippen molar-refractivity contribution in [3.8, 4) is 0 Å². The van der Waals surface area contributed by atoms with Crippen LogP contribution >= 0.6 is 0 Å². The number of hydrogen-bond acceptors (Lipinski definition) is 4. The minimum Gasteiger partial charge on any atom is -0.379 e. The Labute approximate surface area is 125 Å².